The van der Waals surface area contributed by atoms with Crippen LogP contribution in [0, 0.1) is 13.2 Å². The van der Waals surface area contributed by atoms with Gasteiger partial charge in [-0.3, -0.25) is 9.78 Å². The molecule has 0 saturated carbocycles. The lowest BCUT2D eigenvalue weighted by Crippen LogP contribution is -2.37. The summed E-state index contributed by atoms with van der Waals surface area (Å²) >= 11 is 0. The van der Waals surface area contributed by atoms with Crippen LogP contribution in [0.5, 0.6) is 0 Å². The minimum Gasteiger partial charge on any atom is -0.289 e. The number of rotatable bonds is 9. The Kier molecular flexibility index (Phi) is 8.36. The summed E-state index contributed by atoms with van der Waals surface area (Å²) in [7, 11) is -2.92. The maximum atomic E-state index is 12.2. The lowest BCUT2D eigenvalue weighted by Gasteiger charge is -2.17. The number of hydrogen-bond acceptors (Lipinski definition) is 6. The van der Waals surface area contributed by atoms with E-state index in [9.17, 15) is 9.59 Å². The minimum atomic E-state index is -1.46. The third kappa shape index (κ3) is 7.43. The van der Waals surface area contributed by atoms with E-state index in [1.54, 1.807) is 24.3 Å². The molecule has 0 heterocycles. The molecule has 2 aromatic carbocycles. The van der Waals surface area contributed by atoms with E-state index >= 15 is 0 Å². The molecule has 0 aliphatic heterocycles. The highest BCUT2D eigenvalue weighted by molar-refractivity contribution is 6.89. The topological polar surface area (TPSA) is 71.1 Å². The Morgan fingerprint density at radius 1 is 0.645 bits per heavy atom. The molecule has 0 aliphatic carbocycles. The molecule has 0 fully saturated rings. The van der Waals surface area contributed by atoms with Crippen LogP contribution in [0.25, 0.3) is 0 Å². The molecule has 0 spiro atoms. The fourth-order valence-electron chi connectivity index (χ4n) is 2.57. The Labute approximate surface area is 186 Å². The highest BCUT2D eigenvalue weighted by Crippen LogP contribution is 2.15. The number of hydrogen-bond donors (Lipinski definition) is 0. The van der Waals surface area contributed by atoms with Crippen molar-refractivity contribution in [2.75, 3.05) is 0 Å². The van der Waals surface area contributed by atoms with Crippen LogP contribution in [-0.4, -0.2) is 28.1 Å². The maximum absolute atomic E-state index is 12.2. The summed E-state index contributed by atoms with van der Waals surface area (Å²) in [6, 6.07) is 14.4. The molecule has 0 bridgehead atoms. The molecule has 31 heavy (non-hydrogen) atoms. The van der Waals surface area contributed by atoms with Crippen molar-refractivity contribution in [1.29, 1.82) is 0 Å². The van der Waals surface area contributed by atoms with E-state index in [0.717, 1.165) is 0 Å². The van der Waals surface area contributed by atoms with Gasteiger partial charge in [-0.1, -0.05) is 73.9 Å². The van der Waals surface area contributed by atoms with Gasteiger partial charge < -0.3 is 0 Å². The van der Waals surface area contributed by atoms with Gasteiger partial charge in [-0.2, -0.15) is 0 Å². The normalized spacial score (nSPS) is 12.0. The van der Waals surface area contributed by atoms with Crippen molar-refractivity contribution >= 4 is 38.5 Å². The molecule has 0 saturated heterocycles. The predicted molar refractivity (Wildman–Crippen MR) is 125 cm³/mol. The number of benzene rings is 2. The molecule has 0 amide bonds. The van der Waals surface area contributed by atoms with Gasteiger partial charge in [0.05, 0.1) is 27.3 Å². The molecule has 0 atom stereocenters. The van der Waals surface area contributed by atoms with Gasteiger partial charge in [-0.05, 0) is 31.2 Å². The summed E-state index contributed by atoms with van der Waals surface area (Å²) in [5, 5.41) is 2.45. The minimum absolute atomic E-state index is 0.0241. The number of carbonyl (C=O) groups excluding carboxylic acids is 2. The highest BCUT2D eigenvalue weighted by Gasteiger charge is 2.22. The SMILES string of the molecule is [CH2]C[C](OOC(=O)c1ccc([Si](C)(C)C)cc1)OOC(=O)c1ccc([Si](C)(C)C)cc1. The highest BCUT2D eigenvalue weighted by atomic mass is 28.3. The first-order valence-corrected chi connectivity index (χ1v) is 17.1. The van der Waals surface area contributed by atoms with Gasteiger partial charge in [0.1, 0.15) is 0 Å². The van der Waals surface area contributed by atoms with Crippen molar-refractivity contribution in [2.24, 2.45) is 0 Å². The second-order valence-corrected chi connectivity index (χ2v) is 19.3. The molecule has 2 rings (SSSR count). The molecule has 0 aromatic heterocycles. The van der Waals surface area contributed by atoms with Crippen molar-refractivity contribution in [2.45, 2.75) is 45.7 Å². The Hall–Kier alpha value is -2.27. The summed E-state index contributed by atoms with van der Waals surface area (Å²) in [5.74, 6) is -1.38. The number of carbonyl (C=O) groups is 2. The van der Waals surface area contributed by atoms with Crippen LogP contribution in [-0.2, 0) is 19.6 Å². The Balaban J connectivity index is 1.86. The van der Waals surface area contributed by atoms with Crippen LogP contribution in [0.4, 0.5) is 0 Å². The molecule has 2 aromatic rings. The third-order valence-electron chi connectivity index (χ3n) is 4.60. The lowest BCUT2D eigenvalue weighted by molar-refractivity contribution is -0.362. The van der Waals surface area contributed by atoms with Crippen molar-refractivity contribution in [3.05, 3.63) is 72.9 Å². The molecule has 2 radical (unpaired) electrons. The van der Waals surface area contributed by atoms with E-state index in [1.165, 1.54) is 10.4 Å². The first-order valence-electron chi connectivity index (χ1n) is 10.1. The van der Waals surface area contributed by atoms with Gasteiger partial charge in [0.25, 0.3) is 0 Å². The average Bonchev–Trinajstić information content (AvgIpc) is 2.72. The van der Waals surface area contributed by atoms with E-state index in [2.05, 4.69) is 46.2 Å². The van der Waals surface area contributed by atoms with Gasteiger partial charge in [0, 0.05) is 6.42 Å². The standard InChI is InChI=1S/C23H30O6Si2/c1-8-21(26-28-22(24)17-9-13-19(14-10-17)30(2,3)4)27-29-23(25)18-11-15-20(16-12-18)31(5,6)7/h9-16H,1,8H2,2-7H3. The molecule has 0 aliphatic rings. The molecule has 8 heteroatoms. The zero-order valence-corrected chi connectivity index (χ0v) is 21.0. The van der Waals surface area contributed by atoms with Gasteiger partial charge >= 0.3 is 18.2 Å². The third-order valence-corrected chi connectivity index (χ3v) is 8.73. The van der Waals surface area contributed by atoms with Crippen molar-refractivity contribution in [1.82, 2.24) is 0 Å². The van der Waals surface area contributed by atoms with E-state index in [0.29, 0.717) is 11.1 Å². The molecular weight excluding hydrogens is 428 g/mol. The second kappa shape index (κ2) is 10.4. The molecule has 0 N–H and O–H groups in total. The maximum Gasteiger partial charge on any atom is 0.373 e. The van der Waals surface area contributed by atoms with Crippen LogP contribution in [0.1, 0.15) is 27.1 Å². The summed E-state index contributed by atoms with van der Waals surface area (Å²) in [5.41, 5.74) is 0.676. The Bertz CT molecular complexity index is 807. The van der Waals surface area contributed by atoms with Crippen LogP contribution in [0.3, 0.4) is 0 Å². The molecule has 0 unspecified atom stereocenters. The Morgan fingerprint density at radius 3 is 1.23 bits per heavy atom. The van der Waals surface area contributed by atoms with Gasteiger partial charge in [-0.15, -0.1) is 9.78 Å². The molecular formula is C23H30O6Si2. The predicted octanol–water partition coefficient (Wildman–Crippen LogP) is 4.37. The lowest BCUT2D eigenvalue weighted by atomic mass is 10.2. The van der Waals surface area contributed by atoms with E-state index in [4.69, 9.17) is 19.6 Å². The van der Waals surface area contributed by atoms with Crippen LogP contribution in [0.2, 0.25) is 39.3 Å². The van der Waals surface area contributed by atoms with Crippen molar-refractivity contribution < 1.29 is 29.1 Å². The summed E-state index contributed by atoms with van der Waals surface area (Å²) in [4.78, 5) is 43.6. The van der Waals surface area contributed by atoms with Crippen LogP contribution < -0.4 is 10.4 Å². The summed E-state index contributed by atoms with van der Waals surface area (Å²) in [6.07, 6.45) is -0.275. The zero-order valence-electron chi connectivity index (χ0n) is 19.0. The molecule has 166 valence electrons. The van der Waals surface area contributed by atoms with E-state index in [1.807, 2.05) is 24.3 Å². The van der Waals surface area contributed by atoms with Crippen molar-refractivity contribution in [3.8, 4) is 0 Å². The average molecular weight is 459 g/mol. The van der Waals surface area contributed by atoms with Gasteiger partial charge in [0.15, 0.2) is 0 Å². The van der Waals surface area contributed by atoms with Gasteiger partial charge in [-0.25, -0.2) is 9.59 Å². The first-order chi connectivity index (χ1) is 14.4. The Morgan fingerprint density at radius 2 is 0.968 bits per heavy atom. The largest absolute Gasteiger partial charge is 0.373 e. The monoisotopic (exact) mass is 458 g/mol. The van der Waals surface area contributed by atoms with Crippen LogP contribution >= 0.6 is 0 Å². The first kappa shape index (κ1) is 25.0. The quantitative estimate of drug-likeness (QED) is 0.316. The van der Waals surface area contributed by atoms with E-state index in [-0.39, 0.29) is 12.7 Å². The summed E-state index contributed by atoms with van der Waals surface area (Å²) in [6.45, 7) is 16.9. The van der Waals surface area contributed by atoms with Gasteiger partial charge in [0.2, 0.25) is 0 Å². The van der Waals surface area contributed by atoms with Crippen molar-refractivity contribution in [3.63, 3.8) is 0 Å². The van der Waals surface area contributed by atoms with E-state index < -0.39 is 28.1 Å². The molecule has 6 nitrogen and oxygen atoms in total. The zero-order chi connectivity index (χ0) is 23.2. The fraction of sp³-hybridized carbons (Fsp3) is 0.304. The fourth-order valence-corrected chi connectivity index (χ4v) is 4.91. The smallest absolute Gasteiger partial charge is 0.289 e. The summed E-state index contributed by atoms with van der Waals surface area (Å²) < 4.78 is 0. The second-order valence-electron chi connectivity index (χ2n) is 9.18. The van der Waals surface area contributed by atoms with Crippen LogP contribution in [0.15, 0.2) is 48.5 Å².